The van der Waals surface area contributed by atoms with Crippen molar-refractivity contribution in [2.45, 2.75) is 26.3 Å². The Labute approximate surface area is 138 Å². The molecule has 2 aromatic rings. The lowest BCUT2D eigenvalue weighted by molar-refractivity contribution is -0.131. The number of ether oxygens (including phenoxy) is 1. The van der Waals surface area contributed by atoms with Crippen molar-refractivity contribution in [3.63, 3.8) is 0 Å². The SMILES string of the molecule is CCC(=O)N1CCc2nc3nc(N4CCOCC4)[nH]n3c(=O)c2C1. The van der Waals surface area contributed by atoms with Crippen molar-refractivity contribution in [2.24, 2.45) is 0 Å². The Morgan fingerprint density at radius 1 is 1.25 bits per heavy atom. The number of morpholine rings is 1. The summed E-state index contributed by atoms with van der Waals surface area (Å²) in [6, 6.07) is 0. The number of hydrogen-bond donors (Lipinski definition) is 1. The first-order valence-corrected chi connectivity index (χ1v) is 8.28. The molecule has 1 saturated heterocycles. The van der Waals surface area contributed by atoms with E-state index in [0.717, 1.165) is 18.8 Å². The second-order valence-electron chi connectivity index (χ2n) is 6.04. The molecule has 2 aromatic heterocycles. The Bertz CT molecular complexity index is 836. The number of rotatable bonds is 2. The third-order valence-corrected chi connectivity index (χ3v) is 4.60. The van der Waals surface area contributed by atoms with Gasteiger partial charge in [0, 0.05) is 32.5 Å². The van der Waals surface area contributed by atoms with Gasteiger partial charge in [0.25, 0.3) is 11.3 Å². The monoisotopic (exact) mass is 332 g/mol. The van der Waals surface area contributed by atoms with Gasteiger partial charge in [0.15, 0.2) is 0 Å². The van der Waals surface area contributed by atoms with Crippen molar-refractivity contribution >= 4 is 17.6 Å². The quantitative estimate of drug-likeness (QED) is 0.800. The molecule has 0 bridgehead atoms. The number of amides is 1. The van der Waals surface area contributed by atoms with Gasteiger partial charge in [-0.2, -0.15) is 9.50 Å². The van der Waals surface area contributed by atoms with Crippen molar-refractivity contribution in [3.05, 3.63) is 21.6 Å². The van der Waals surface area contributed by atoms with E-state index in [9.17, 15) is 9.59 Å². The normalized spacial score (nSPS) is 18.0. The number of carbonyl (C=O) groups excluding carboxylic acids is 1. The standard InChI is InChI=1S/C15H20N6O3/c1-2-12(22)20-4-3-11-10(9-20)13(23)21-14(16-11)17-15(18-21)19-5-7-24-8-6-19/h2-9H2,1H3,(H,16,17,18). The highest BCUT2D eigenvalue weighted by Crippen LogP contribution is 2.17. The van der Waals surface area contributed by atoms with E-state index in [2.05, 4.69) is 15.1 Å². The molecule has 0 atom stereocenters. The number of nitrogens with zero attached hydrogens (tertiary/aromatic N) is 5. The van der Waals surface area contributed by atoms with Gasteiger partial charge in [-0.15, -0.1) is 0 Å². The average molecular weight is 332 g/mol. The van der Waals surface area contributed by atoms with Gasteiger partial charge in [0.1, 0.15) is 0 Å². The summed E-state index contributed by atoms with van der Waals surface area (Å²) in [6.45, 7) is 5.50. The second-order valence-corrected chi connectivity index (χ2v) is 6.04. The molecular weight excluding hydrogens is 312 g/mol. The lowest BCUT2D eigenvalue weighted by Gasteiger charge is -2.27. The van der Waals surface area contributed by atoms with E-state index in [4.69, 9.17) is 4.74 Å². The highest BCUT2D eigenvalue weighted by atomic mass is 16.5. The van der Waals surface area contributed by atoms with Gasteiger partial charge in [-0.05, 0) is 0 Å². The van der Waals surface area contributed by atoms with Crippen LogP contribution in [0.1, 0.15) is 24.6 Å². The highest BCUT2D eigenvalue weighted by Gasteiger charge is 2.25. The van der Waals surface area contributed by atoms with Gasteiger partial charge < -0.3 is 14.5 Å². The fourth-order valence-corrected chi connectivity index (χ4v) is 3.21. The first-order valence-electron chi connectivity index (χ1n) is 8.28. The molecular formula is C15H20N6O3. The molecule has 1 amide bonds. The van der Waals surface area contributed by atoms with Gasteiger partial charge in [-0.25, -0.2) is 4.98 Å². The van der Waals surface area contributed by atoms with E-state index in [0.29, 0.717) is 56.4 Å². The first kappa shape index (κ1) is 15.1. The summed E-state index contributed by atoms with van der Waals surface area (Å²) in [5, 5.41) is 3.04. The van der Waals surface area contributed by atoms with Gasteiger partial charge in [-0.3, -0.25) is 14.7 Å². The van der Waals surface area contributed by atoms with Gasteiger partial charge in [-0.1, -0.05) is 6.92 Å². The topological polar surface area (TPSA) is 95.8 Å². The number of carbonyl (C=O) groups is 1. The molecule has 1 N–H and O–H groups in total. The fraction of sp³-hybridized carbons (Fsp3) is 0.600. The number of H-pyrrole nitrogens is 1. The molecule has 0 aliphatic carbocycles. The molecule has 2 aliphatic heterocycles. The molecule has 0 unspecified atom stereocenters. The largest absolute Gasteiger partial charge is 0.378 e. The number of nitrogens with one attached hydrogen (secondary N) is 1. The summed E-state index contributed by atoms with van der Waals surface area (Å²) in [6.07, 6.45) is 1.03. The minimum atomic E-state index is -0.171. The van der Waals surface area contributed by atoms with Crippen molar-refractivity contribution in [1.29, 1.82) is 0 Å². The van der Waals surface area contributed by atoms with Crippen molar-refractivity contribution < 1.29 is 9.53 Å². The maximum atomic E-state index is 12.8. The van der Waals surface area contributed by atoms with Crippen LogP contribution in [0.25, 0.3) is 5.78 Å². The van der Waals surface area contributed by atoms with E-state index in [1.807, 2.05) is 11.8 Å². The highest BCUT2D eigenvalue weighted by molar-refractivity contribution is 5.76. The van der Waals surface area contributed by atoms with Crippen LogP contribution < -0.4 is 10.5 Å². The zero-order chi connectivity index (χ0) is 16.7. The summed E-state index contributed by atoms with van der Waals surface area (Å²) >= 11 is 0. The summed E-state index contributed by atoms with van der Waals surface area (Å²) in [4.78, 5) is 37.5. The zero-order valence-electron chi connectivity index (χ0n) is 13.6. The molecule has 1 fully saturated rings. The van der Waals surface area contributed by atoms with Crippen LogP contribution in [0.15, 0.2) is 4.79 Å². The molecule has 0 spiro atoms. The second kappa shape index (κ2) is 5.90. The van der Waals surface area contributed by atoms with E-state index >= 15 is 0 Å². The molecule has 9 heteroatoms. The van der Waals surface area contributed by atoms with Crippen LogP contribution in [0.3, 0.4) is 0 Å². The fourth-order valence-electron chi connectivity index (χ4n) is 3.21. The smallest absolute Gasteiger partial charge is 0.279 e. The van der Waals surface area contributed by atoms with E-state index in [1.54, 1.807) is 4.90 Å². The van der Waals surface area contributed by atoms with Crippen molar-refractivity contribution in [1.82, 2.24) is 24.5 Å². The molecule has 4 heterocycles. The number of hydrogen-bond acceptors (Lipinski definition) is 6. The van der Waals surface area contributed by atoms with Crippen LogP contribution >= 0.6 is 0 Å². The van der Waals surface area contributed by atoms with Crippen LogP contribution in [0.5, 0.6) is 0 Å². The summed E-state index contributed by atoms with van der Waals surface area (Å²) in [7, 11) is 0. The number of anilines is 1. The molecule has 4 rings (SSSR count). The summed E-state index contributed by atoms with van der Waals surface area (Å²) in [5.41, 5.74) is 1.16. The van der Waals surface area contributed by atoms with E-state index in [1.165, 1.54) is 4.52 Å². The Kier molecular flexibility index (Phi) is 3.72. The van der Waals surface area contributed by atoms with Crippen molar-refractivity contribution in [3.8, 4) is 0 Å². The first-order chi connectivity index (χ1) is 11.7. The molecule has 0 radical (unpaired) electrons. The van der Waals surface area contributed by atoms with Crippen LogP contribution in [-0.2, 0) is 22.5 Å². The lowest BCUT2D eigenvalue weighted by Crippen LogP contribution is -2.40. The third kappa shape index (κ3) is 2.44. The summed E-state index contributed by atoms with van der Waals surface area (Å²) in [5.74, 6) is 1.08. The van der Waals surface area contributed by atoms with Gasteiger partial charge >= 0.3 is 0 Å². The Morgan fingerprint density at radius 3 is 2.79 bits per heavy atom. The molecule has 128 valence electrons. The Hall–Kier alpha value is -2.42. The molecule has 0 saturated carbocycles. The van der Waals surface area contributed by atoms with Crippen LogP contribution in [0.4, 0.5) is 5.95 Å². The van der Waals surface area contributed by atoms with Gasteiger partial charge in [0.05, 0.1) is 31.0 Å². The lowest BCUT2D eigenvalue weighted by atomic mass is 10.1. The minimum absolute atomic E-state index is 0.0590. The van der Waals surface area contributed by atoms with Crippen LogP contribution in [-0.4, -0.2) is 63.2 Å². The molecule has 0 aromatic carbocycles. The minimum Gasteiger partial charge on any atom is -0.378 e. The predicted octanol–water partition coefficient (Wildman–Crippen LogP) is -0.451. The molecule has 9 nitrogen and oxygen atoms in total. The van der Waals surface area contributed by atoms with Crippen LogP contribution in [0, 0.1) is 0 Å². The Balaban J connectivity index is 1.72. The maximum absolute atomic E-state index is 12.8. The average Bonchev–Trinajstić information content (AvgIpc) is 3.06. The number of aromatic amines is 1. The third-order valence-electron chi connectivity index (χ3n) is 4.60. The molecule has 2 aliphatic rings. The number of fused-ring (bicyclic) bond motifs is 2. The molecule has 24 heavy (non-hydrogen) atoms. The number of aromatic nitrogens is 4. The zero-order valence-corrected chi connectivity index (χ0v) is 13.6. The van der Waals surface area contributed by atoms with E-state index < -0.39 is 0 Å². The Morgan fingerprint density at radius 2 is 2.04 bits per heavy atom. The van der Waals surface area contributed by atoms with Crippen LogP contribution in [0.2, 0.25) is 0 Å². The predicted molar refractivity (Wildman–Crippen MR) is 86.1 cm³/mol. The van der Waals surface area contributed by atoms with Crippen molar-refractivity contribution in [2.75, 3.05) is 37.7 Å². The maximum Gasteiger partial charge on any atom is 0.279 e. The van der Waals surface area contributed by atoms with E-state index in [-0.39, 0.29) is 11.5 Å². The summed E-state index contributed by atoms with van der Waals surface area (Å²) < 4.78 is 6.72. The van der Waals surface area contributed by atoms with Gasteiger partial charge in [0.2, 0.25) is 11.9 Å².